The molecule has 5 heterocycles. The molecule has 27 heteroatoms. The predicted octanol–water partition coefficient (Wildman–Crippen LogP) is 6.57. The third kappa shape index (κ3) is 11.4. The predicted molar refractivity (Wildman–Crippen MR) is 261 cm³/mol. The zero-order valence-corrected chi connectivity index (χ0v) is 42.1. The van der Waals surface area contributed by atoms with E-state index in [9.17, 15) is 24.3 Å². The molecule has 73 heavy (non-hydrogen) atoms. The highest BCUT2D eigenvalue weighted by molar-refractivity contribution is 8.07. The summed E-state index contributed by atoms with van der Waals surface area (Å²) in [5.74, 6) is -3.76. The normalized spacial score (nSPS) is 17.9. The van der Waals surface area contributed by atoms with Gasteiger partial charge in [-0.25, -0.2) is 28.7 Å². The minimum atomic E-state index is -4.08. The number of carbonyl (C=O) groups excluding carboxylic acids is 1. The van der Waals surface area contributed by atoms with Gasteiger partial charge in [0.2, 0.25) is 11.9 Å². The highest BCUT2D eigenvalue weighted by Gasteiger charge is 2.62. The van der Waals surface area contributed by atoms with Crippen molar-refractivity contribution in [2.24, 2.45) is 5.92 Å². The summed E-state index contributed by atoms with van der Waals surface area (Å²) in [6.07, 6.45) is -2.97. The van der Waals surface area contributed by atoms with Crippen molar-refractivity contribution in [3.63, 3.8) is 0 Å². The number of H-pyrrole nitrogens is 1. The number of imidazole rings is 2. The van der Waals surface area contributed by atoms with E-state index in [0.29, 0.717) is 28.5 Å². The molecule has 1 saturated heterocycles. The van der Waals surface area contributed by atoms with Crippen LogP contribution in [0.25, 0.3) is 22.3 Å². The van der Waals surface area contributed by atoms with Crippen molar-refractivity contribution in [1.29, 1.82) is 5.26 Å². The van der Waals surface area contributed by atoms with Crippen molar-refractivity contribution in [2.75, 3.05) is 39.4 Å². The topological polar surface area (TPSA) is 271 Å². The standard InChI is InChI=1S/C46H48F2N10O12P2S/c1-28(2)41(59)55-44-54-40-37(42(60)56-44)52-27-58(40)43-38(70-71(61)62)46(47,48)35(69-43)24-68-72(73,66-21-8-19-49)67-22-20-57-36(53-34-23-50-26-51-39(34)57)25-65-45(29-9-6-5-7-10-29,30-11-15-32(63-3)16-12-30)31-13-17-33(64-4)18-14-31/h5-7,9-18,23,26-28,35,38,43,71H,8,20-22,24-25H2,1-4H3,(H,61,62)(H2,54,55,56,59,60)/t35-,38+,43-,72?/m1/s1. The lowest BCUT2D eigenvalue weighted by Crippen LogP contribution is -2.42. The molecule has 0 radical (unpaired) electrons. The zero-order chi connectivity index (χ0) is 51.9. The highest BCUT2D eigenvalue weighted by atomic mass is 32.5. The number of rotatable bonds is 23. The molecule has 3 N–H and O–H groups in total. The summed E-state index contributed by atoms with van der Waals surface area (Å²) in [5, 5.41) is 11.8. The lowest BCUT2D eigenvalue weighted by molar-refractivity contribution is -0.119. The molecule has 384 valence electrons. The quantitative estimate of drug-likeness (QED) is 0.0347. The van der Waals surface area contributed by atoms with Crippen LogP contribution in [0.15, 0.2) is 103 Å². The van der Waals surface area contributed by atoms with Crippen LogP contribution in [-0.2, 0) is 67.5 Å². The van der Waals surface area contributed by atoms with Crippen molar-refractivity contribution < 1.29 is 60.1 Å². The second-order valence-corrected chi connectivity index (χ2v) is 20.2. The van der Waals surface area contributed by atoms with Gasteiger partial charge in [-0.15, -0.1) is 0 Å². The van der Waals surface area contributed by atoms with Crippen LogP contribution in [-0.4, -0.2) is 102 Å². The fourth-order valence-corrected chi connectivity index (χ4v) is 10.3. The number of amides is 1. The van der Waals surface area contributed by atoms with Crippen LogP contribution >= 0.6 is 15.0 Å². The Balaban J connectivity index is 1.06. The minimum absolute atomic E-state index is 0.0166. The highest BCUT2D eigenvalue weighted by Crippen LogP contribution is 2.53. The van der Waals surface area contributed by atoms with Crippen LogP contribution in [0.2, 0.25) is 0 Å². The Bertz CT molecular complexity index is 3190. The molecule has 1 fully saturated rings. The summed E-state index contributed by atoms with van der Waals surface area (Å²) in [4.78, 5) is 59.1. The van der Waals surface area contributed by atoms with Crippen molar-refractivity contribution in [2.45, 2.75) is 63.4 Å². The summed E-state index contributed by atoms with van der Waals surface area (Å²) in [5.41, 5.74) is 0.432. The second kappa shape index (κ2) is 22.8. The number of alkyl halides is 2. The number of fused-ring (bicyclic) bond motifs is 2. The van der Waals surface area contributed by atoms with Gasteiger partial charge in [-0.3, -0.25) is 33.5 Å². The van der Waals surface area contributed by atoms with Crippen LogP contribution in [0.3, 0.4) is 0 Å². The first-order chi connectivity index (χ1) is 35.1. The number of nitrogens with zero attached hydrogens (tertiary/aromatic N) is 8. The zero-order valence-electron chi connectivity index (χ0n) is 39.4. The summed E-state index contributed by atoms with van der Waals surface area (Å²) in [6, 6.07) is 26.6. The minimum Gasteiger partial charge on any atom is -0.497 e. The molecule has 22 nitrogen and oxygen atoms in total. The molecule has 1 aliphatic rings. The number of nitrogens with one attached hydrogen (secondary N) is 2. The third-order valence-electron chi connectivity index (χ3n) is 11.6. The first kappa shape index (κ1) is 52.9. The van der Waals surface area contributed by atoms with Crippen LogP contribution in [0.5, 0.6) is 11.5 Å². The molecule has 0 spiro atoms. The maximum Gasteiger partial charge on any atom is 0.327 e. The number of aromatic nitrogens is 8. The first-order valence-electron chi connectivity index (χ1n) is 22.4. The number of hydrogen-bond donors (Lipinski definition) is 3. The first-order valence-corrected chi connectivity index (χ1v) is 26.2. The van der Waals surface area contributed by atoms with E-state index in [4.69, 9.17) is 53.8 Å². The van der Waals surface area contributed by atoms with E-state index in [1.54, 1.807) is 32.6 Å². The lowest BCUT2D eigenvalue weighted by Gasteiger charge is -2.36. The lowest BCUT2D eigenvalue weighted by atomic mass is 9.80. The number of anilines is 1. The van der Waals surface area contributed by atoms with Crippen molar-refractivity contribution in [3.05, 3.63) is 131 Å². The van der Waals surface area contributed by atoms with Gasteiger partial charge >= 0.3 is 20.9 Å². The van der Waals surface area contributed by atoms with Crippen LogP contribution in [0.1, 0.15) is 49.0 Å². The van der Waals surface area contributed by atoms with Gasteiger partial charge in [0.05, 0.1) is 59.1 Å². The average Bonchev–Trinajstić information content (AvgIpc) is 4.05. The van der Waals surface area contributed by atoms with E-state index in [1.165, 1.54) is 12.5 Å². The van der Waals surface area contributed by atoms with Gasteiger partial charge in [0.15, 0.2) is 35.2 Å². The van der Waals surface area contributed by atoms with Crippen LogP contribution in [0.4, 0.5) is 14.7 Å². The monoisotopic (exact) mass is 1060 g/mol. The van der Waals surface area contributed by atoms with E-state index in [2.05, 4.69) is 30.2 Å². The number of methoxy groups -OCH3 is 2. The SMILES string of the molecule is COc1ccc(C(OCc2nc3cncnc3n2CCOP(=S)(OCCC#N)OC[C@H]2O[C@@H](n3cnc4c(=O)[nH]c(NC(=O)C(C)C)nc43)[C@H](O[PH](=O)O)C2(F)F)(c2ccccc2)c2ccc(OC)cc2)cc1. The summed E-state index contributed by atoms with van der Waals surface area (Å²) in [7, 11) is -0.897. The Hall–Kier alpha value is -6.42. The Morgan fingerprint density at radius 3 is 2.27 bits per heavy atom. The average molecular weight is 1060 g/mol. The Kier molecular flexibility index (Phi) is 16.5. The second-order valence-electron chi connectivity index (χ2n) is 16.4. The number of hydrogen-bond acceptors (Lipinski definition) is 18. The van der Waals surface area contributed by atoms with Crippen LogP contribution < -0.4 is 20.3 Å². The van der Waals surface area contributed by atoms with Gasteiger partial charge in [-0.1, -0.05) is 68.4 Å². The number of carbonyl (C=O) groups is 1. The van der Waals surface area contributed by atoms with Crippen molar-refractivity contribution >= 4 is 61.0 Å². The number of benzene rings is 3. The Labute approximate surface area is 420 Å². The molecule has 0 bridgehead atoms. The molecular weight excluding hydrogens is 1020 g/mol. The molecule has 3 aromatic carbocycles. The molecular formula is C46H48F2N10O12P2S. The largest absolute Gasteiger partial charge is 0.497 e. The molecule has 4 aromatic heterocycles. The third-order valence-corrected chi connectivity index (χ3v) is 14.4. The number of aromatic amines is 1. The summed E-state index contributed by atoms with van der Waals surface area (Å²) < 4.78 is 94.0. The Morgan fingerprint density at radius 2 is 1.64 bits per heavy atom. The fourth-order valence-electron chi connectivity index (χ4n) is 7.98. The van der Waals surface area contributed by atoms with E-state index < -0.39 is 68.9 Å². The molecule has 0 saturated carbocycles. The van der Waals surface area contributed by atoms with E-state index in [1.807, 2.05) is 84.9 Å². The molecule has 1 amide bonds. The number of halogens is 2. The van der Waals surface area contributed by atoms with Gasteiger partial charge in [-0.05, 0) is 52.8 Å². The van der Waals surface area contributed by atoms with Crippen LogP contribution in [0, 0.1) is 17.2 Å². The fraction of sp³-hybridized carbons (Fsp3) is 0.348. The smallest absolute Gasteiger partial charge is 0.327 e. The summed E-state index contributed by atoms with van der Waals surface area (Å²) in [6.45, 7) is -2.57. The maximum absolute atomic E-state index is 16.4. The molecule has 7 aromatic rings. The van der Waals surface area contributed by atoms with E-state index in [0.717, 1.165) is 27.6 Å². The van der Waals surface area contributed by atoms with E-state index >= 15 is 8.78 Å². The van der Waals surface area contributed by atoms with Gasteiger partial charge in [-0.2, -0.15) is 10.2 Å². The van der Waals surface area contributed by atoms with Gasteiger partial charge in [0.25, 0.3) is 5.56 Å². The van der Waals surface area contributed by atoms with Gasteiger partial charge in [0, 0.05) is 12.5 Å². The number of ether oxygens (including phenoxy) is 4. The number of nitriles is 1. The summed E-state index contributed by atoms with van der Waals surface area (Å²) >= 11 is 5.73. The maximum atomic E-state index is 16.4. The van der Waals surface area contributed by atoms with Crippen molar-refractivity contribution in [3.8, 4) is 17.6 Å². The Morgan fingerprint density at radius 1 is 0.986 bits per heavy atom. The molecule has 5 atom stereocenters. The molecule has 2 unspecified atom stereocenters. The van der Waals surface area contributed by atoms with E-state index in [-0.39, 0.29) is 49.9 Å². The van der Waals surface area contributed by atoms with Gasteiger partial charge in [0.1, 0.15) is 41.4 Å². The molecule has 1 aliphatic heterocycles. The molecule has 8 rings (SSSR count). The molecule has 0 aliphatic carbocycles. The van der Waals surface area contributed by atoms with Gasteiger partial charge < -0.3 is 42.0 Å². The van der Waals surface area contributed by atoms with Crippen molar-refractivity contribution in [1.82, 2.24) is 39.0 Å².